The van der Waals surface area contributed by atoms with Gasteiger partial charge in [0, 0.05) is 26.8 Å². The molecular formula is C9H18N2O2S. The maximum Gasteiger partial charge on any atom is 0.166 e. The van der Waals surface area contributed by atoms with Gasteiger partial charge in [-0.25, -0.2) is 0 Å². The molecule has 2 N–H and O–H groups in total. The van der Waals surface area contributed by atoms with Gasteiger partial charge >= 0.3 is 0 Å². The van der Waals surface area contributed by atoms with Gasteiger partial charge in [0.1, 0.15) is 0 Å². The van der Waals surface area contributed by atoms with Gasteiger partial charge in [-0.3, -0.25) is 0 Å². The van der Waals surface area contributed by atoms with E-state index in [0.29, 0.717) is 17.8 Å². The molecule has 1 aliphatic heterocycles. The van der Waals surface area contributed by atoms with Crippen molar-refractivity contribution in [1.29, 1.82) is 0 Å². The van der Waals surface area contributed by atoms with Crippen LogP contribution in [0.4, 0.5) is 0 Å². The molecule has 4 nitrogen and oxygen atoms in total. The maximum atomic E-state index is 5.45. The molecule has 1 saturated heterocycles. The molecule has 0 amide bonds. The first-order chi connectivity index (χ1) is 6.83. The second-order valence-electron chi connectivity index (χ2n) is 3.26. The number of rotatable bonds is 5. The van der Waals surface area contributed by atoms with Crippen LogP contribution < -0.4 is 10.6 Å². The van der Waals surface area contributed by atoms with Crippen LogP contribution in [-0.2, 0) is 9.47 Å². The van der Waals surface area contributed by atoms with E-state index in [4.69, 9.17) is 21.7 Å². The SMILES string of the molecule is COCCNC(=S)NC[C@H]1CCCO1. The first-order valence-electron chi connectivity index (χ1n) is 4.95. The number of thiocarbonyl (C=S) groups is 1. The summed E-state index contributed by atoms with van der Waals surface area (Å²) in [6, 6.07) is 0. The van der Waals surface area contributed by atoms with Gasteiger partial charge in [0.15, 0.2) is 5.11 Å². The molecule has 82 valence electrons. The lowest BCUT2D eigenvalue weighted by atomic mass is 10.2. The van der Waals surface area contributed by atoms with Gasteiger partial charge in [-0.05, 0) is 25.1 Å². The van der Waals surface area contributed by atoms with Gasteiger partial charge in [-0.15, -0.1) is 0 Å². The minimum absolute atomic E-state index is 0.331. The van der Waals surface area contributed by atoms with Crippen LogP contribution in [0, 0.1) is 0 Å². The molecule has 1 fully saturated rings. The molecule has 0 aromatic heterocycles. The number of ether oxygens (including phenoxy) is 2. The van der Waals surface area contributed by atoms with Crippen LogP contribution in [0.1, 0.15) is 12.8 Å². The summed E-state index contributed by atoms with van der Waals surface area (Å²) in [5.41, 5.74) is 0. The fourth-order valence-corrected chi connectivity index (χ4v) is 1.53. The van der Waals surface area contributed by atoms with Gasteiger partial charge in [-0.2, -0.15) is 0 Å². The number of nitrogens with one attached hydrogen (secondary N) is 2. The summed E-state index contributed by atoms with van der Waals surface area (Å²) in [6.07, 6.45) is 2.63. The highest BCUT2D eigenvalue weighted by atomic mass is 32.1. The van der Waals surface area contributed by atoms with Crippen LogP contribution in [0.5, 0.6) is 0 Å². The summed E-state index contributed by atoms with van der Waals surface area (Å²) in [6.45, 7) is 3.10. The smallest absolute Gasteiger partial charge is 0.166 e. The van der Waals surface area contributed by atoms with Gasteiger partial charge in [0.05, 0.1) is 12.7 Å². The van der Waals surface area contributed by atoms with Gasteiger partial charge in [-0.1, -0.05) is 0 Å². The van der Waals surface area contributed by atoms with Crippen molar-refractivity contribution in [2.75, 3.05) is 33.4 Å². The van der Waals surface area contributed by atoms with E-state index in [2.05, 4.69) is 10.6 Å². The predicted octanol–water partition coefficient (Wildman–Crippen LogP) is 0.276. The van der Waals surface area contributed by atoms with Crippen LogP contribution in [0.3, 0.4) is 0 Å². The Labute approximate surface area is 90.3 Å². The van der Waals surface area contributed by atoms with Crippen molar-refractivity contribution in [1.82, 2.24) is 10.6 Å². The average molecular weight is 218 g/mol. The molecule has 1 heterocycles. The van der Waals surface area contributed by atoms with Crippen molar-refractivity contribution >= 4 is 17.3 Å². The van der Waals surface area contributed by atoms with Crippen molar-refractivity contribution in [2.45, 2.75) is 18.9 Å². The molecule has 1 atom stereocenters. The van der Waals surface area contributed by atoms with Crippen molar-refractivity contribution in [3.63, 3.8) is 0 Å². The molecule has 0 unspecified atom stereocenters. The minimum Gasteiger partial charge on any atom is -0.383 e. The molecule has 0 aromatic rings. The lowest BCUT2D eigenvalue weighted by Gasteiger charge is -2.13. The van der Waals surface area contributed by atoms with Crippen LogP contribution in [0.25, 0.3) is 0 Å². The van der Waals surface area contributed by atoms with Gasteiger partial charge < -0.3 is 20.1 Å². The van der Waals surface area contributed by atoms with E-state index in [-0.39, 0.29) is 0 Å². The fraction of sp³-hybridized carbons (Fsp3) is 0.889. The Morgan fingerprint density at radius 2 is 2.43 bits per heavy atom. The van der Waals surface area contributed by atoms with Crippen LogP contribution >= 0.6 is 12.2 Å². The maximum absolute atomic E-state index is 5.45. The summed E-state index contributed by atoms with van der Waals surface area (Å²) in [5, 5.41) is 6.85. The summed E-state index contributed by atoms with van der Waals surface area (Å²) < 4.78 is 10.3. The van der Waals surface area contributed by atoms with E-state index < -0.39 is 0 Å². The van der Waals surface area contributed by atoms with Crippen molar-refractivity contribution in [3.05, 3.63) is 0 Å². The van der Waals surface area contributed by atoms with E-state index in [1.54, 1.807) is 7.11 Å². The lowest BCUT2D eigenvalue weighted by Crippen LogP contribution is -2.40. The monoisotopic (exact) mass is 218 g/mol. The number of methoxy groups -OCH3 is 1. The largest absolute Gasteiger partial charge is 0.383 e. The Balaban J connectivity index is 1.96. The Morgan fingerprint density at radius 1 is 1.57 bits per heavy atom. The van der Waals surface area contributed by atoms with E-state index >= 15 is 0 Å². The van der Waals surface area contributed by atoms with Gasteiger partial charge in [0.2, 0.25) is 0 Å². The lowest BCUT2D eigenvalue weighted by molar-refractivity contribution is 0.114. The topological polar surface area (TPSA) is 42.5 Å². The zero-order chi connectivity index (χ0) is 10.2. The molecule has 0 aromatic carbocycles. The second kappa shape index (κ2) is 6.98. The molecule has 0 spiro atoms. The van der Waals surface area contributed by atoms with Crippen LogP contribution in [0.2, 0.25) is 0 Å². The van der Waals surface area contributed by atoms with Crippen LogP contribution in [0.15, 0.2) is 0 Å². The Morgan fingerprint density at radius 3 is 3.07 bits per heavy atom. The summed E-state index contributed by atoms with van der Waals surface area (Å²) >= 11 is 5.07. The Kier molecular flexibility index (Phi) is 5.82. The summed E-state index contributed by atoms with van der Waals surface area (Å²) in [5.74, 6) is 0. The molecule has 0 radical (unpaired) electrons. The second-order valence-corrected chi connectivity index (χ2v) is 3.67. The Bertz CT molecular complexity index is 172. The highest BCUT2D eigenvalue weighted by Gasteiger charge is 2.14. The van der Waals surface area contributed by atoms with E-state index in [9.17, 15) is 0 Å². The third kappa shape index (κ3) is 4.74. The zero-order valence-electron chi connectivity index (χ0n) is 8.54. The third-order valence-electron chi connectivity index (χ3n) is 2.11. The molecule has 0 aliphatic carbocycles. The van der Waals surface area contributed by atoms with Crippen LogP contribution in [-0.4, -0.2) is 44.6 Å². The number of hydrogen-bond acceptors (Lipinski definition) is 3. The normalized spacial score (nSPS) is 20.8. The predicted molar refractivity (Wildman–Crippen MR) is 59.5 cm³/mol. The third-order valence-corrected chi connectivity index (χ3v) is 2.39. The highest BCUT2D eigenvalue weighted by molar-refractivity contribution is 7.80. The molecule has 0 bridgehead atoms. The minimum atomic E-state index is 0.331. The van der Waals surface area contributed by atoms with Crippen molar-refractivity contribution in [3.8, 4) is 0 Å². The number of hydrogen-bond donors (Lipinski definition) is 2. The quantitative estimate of drug-likeness (QED) is 0.512. The van der Waals surface area contributed by atoms with E-state index in [0.717, 1.165) is 32.5 Å². The molecule has 1 rings (SSSR count). The Hall–Kier alpha value is -0.390. The fourth-order valence-electron chi connectivity index (χ4n) is 1.34. The molecule has 14 heavy (non-hydrogen) atoms. The van der Waals surface area contributed by atoms with E-state index in [1.165, 1.54) is 0 Å². The van der Waals surface area contributed by atoms with Gasteiger partial charge in [0.25, 0.3) is 0 Å². The summed E-state index contributed by atoms with van der Waals surface area (Å²) in [7, 11) is 1.67. The zero-order valence-corrected chi connectivity index (χ0v) is 9.36. The van der Waals surface area contributed by atoms with Crippen molar-refractivity contribution < 1.29 is 9.47 Å². The highest BCUT2D eigenvalue weighted by Crippen LogP contribution is 2.10. The molecule has 5 heteroatoms. The summed E-state index contributed by atoms with van der Waals surface area (Å²) in [4.78, 5) is 0. The molecule has 0 saturated carbocycles. The first kappa shape index (κ1) is 11.7. The van der Waals surface area contributed by atoms with E-state index in [1.807, 2.05) is 0 Å². The van der Waals surface area contributed by atoms with Crippen molar-refractivity contribution in [2.24, 2.45) is 0 Å². The first-order valence-corrected chi connectivity index (χ1v) is 5.36. The molecular weight excluding hydrogens is 200 g/mol. The average Bonchev–Trinajstić information content (AvgIpc) is 2.68. The molecule has 1 aliphatic rings. The standard InChI is InChI=1S/C9H18N2O2S/c1-12-6-4-10-9(14)11-7-8-3-2-5-13-8/h8H,2-7H2,1H3,(H2,10,11,14)/t8-/m1/s1.